The molecule has 0 spiro atoms. The Morgan fingerprint density at radius 3 is 2.71 bits per heavy atom. The molecule has 0 aromatic heterocycles. The van der Waals surface area contributed by atoms with E-state index in [4.69, 9.17) is 0 Å². The molecule has 35 valence electrons. The Kier molecular flexibility index (Phi) is 1.74. The SMILES string of the molecule is [Ge][C]1=CC=CCC1. The van der Waals surface area contributed by atoms with Gasteiger partial charge in [0.25, 0.3) is 0 Å². The Bertz CT molecular complexity index is 111. The van der Waals surface area contributed by atoms with E-state index in [0.717, 1.165) is 0 Å². The Labute approximate surface area is 52.5 Å². The van der Waals surface area contributed by atoms with Crippen molar-refractivity contribution in [1.29, 1.82) is 0 Å². The second kappa shape index (κ2) is 2.36. The molecule has 0 aromatic rings. The third-order valence-electron chi connectivity index (χ3n) is 1.01. The van der Waals surface area contributed by atoms with Gasteiger partial charge in [-0.1, -0.05) is 0 Å². The van der Waals surface area contributed by atoms with E-state index in [9.17, 15) is 0 Å². The Balaban J connectivity index is 2.57. The van der Waals surface area contributed by atoms with Crippen LogP contribution < -0.4 is 0 Å². The second-order valence-electron chi connectivity index (χ2n) is 1.66. The molecule has 0 fully saturated rings. The molecule has 0 unspecified atom stereocenters. The molecule has 0 N–H and O–H groups in total. The van der Waals surface area contributed by atoms with Crippen LogP contribution in [0.2, 0.25) is 0 Å². The Morgan fingerprint density at radius 2 is 2.43 bits per heavy atom. The van der Waals surface area contributed by atoms with E-state index < -0.39 is 0 Å². The summed E-state index contributed by atoms with van der Waals surface area (Å²) in [6.07, 6.45) is 8.99. The summed E-state index contributed by atoms with van der Waals surface area (Å²) in [6, 6.07) is 0. The second-order valence-corrected chi connectivity index (χ2v) is 3.01. The zero-order valence-electron chi connectivity index (χ0n) is 4.15. The summed E-state index contributed by atoms with van der Waals surface area (Å²) in [5, 5.41) is 0. The van der Waals surface area contributed by atoms with Crippen molar-refractivity contribution in [2.75, 3.05) is 0 Å². The van der Waals surface area contributed by atoms with E-state index in [0.29, 0.717) is 0 Å². The molecule has 1 aliphatic rings. The quantitative estimate of drug-likeness (QED) is 0.459. The molecular formula is C6H7Ge. The average molecular weight is 152 g/mol. The van der Waals surface area contributed by atoms with Crippen LogP contribution in [-0.4, -0.2) is 16.5 Å². The fourth-order valence-electron chi connectivity index (χ4n) is 0.603. The molecule has 0 aromatic carbocycles. The molecule has 0 atom stereocenters. The fourth-order valence-corrected chi connectivity index (χ4v) is 1.11. The van der Waals surface area contributed by atoms with E-state index in [2.05, 4.69) is 34.7 Å². The molecule has 0 saturated carbocycles. The van der Waals surface area contributed by atoms with E-state index in [1.54, 1.807) is 0 Å². The van der Waals surface area contributed by atoms with E-state index in [1.807, 2.05) is 0 Å². The number of hydrogen-bond acceptors (Lipinski definition) is 0. The van der Waals surface area contributed by atoms with E-state index in [-0.39, 0.29) is 0 Å². The van der Waals surface area contributed by atoms with Crippen LogP contribution in [0.4, 0.5) is 0 Å². The van der Waals surface area contributed by atoms with Crippen LogP contribution >= 0.6 is 0 Å². The summed E-state index contributed by atoms with van der Waals surface area (Å²) in [5.74, 6) is 0. The van der Waals surface area contributed by atoms with Crippen LogP contribution in [-0.2, 0) is 0 Å². The van der Waals surface area contributed by atoms with Crippen molar-refractivity contribution in [3.8, 4) is 0 Å². The molecule has 1 heteroatoms. The predicted octanol–water partition coefficient (Wildman–Crippen LogP) is 1.39. The molecule has 0 aliphatic heterocycles. The number of allylic oxidation sites excluding steroid dienone is 4. The first-order chi connectivity index (χ1) is 3.39. The third kappa shape index (κ3) is 1.51. The summed E-state index contributed by atoms with van der Waals surface area (Å²) in [4.78, 5) is 0. The molecule has 7 heavy (non-hydrogen) atoms. The van der Waals surface area contributed by atoms with Gasteiger partial charge in [-0.05, 0) is 0 Å². The zero-order chi connectivity index (χ0) is 5.11. The van der Waals surface area contributed by atoms with Gasteiger partial charge in [0.15, 0.2) is 0 Å². The Hall–Kier alpha value is 0.0229. The molecular weight excluding hydrogens is 145 g/mol. The topological polar surface area (TPSA) is 0 Å². The van der Waals surface area contributed by atoms with Gasteiger partial charge in [-0.2, -0.15) is 0 Å². The van der Waals surface area contributed by atoms with Crippen molar-refractivity contribution in [3.05, 3.63) is 22.6 Å². The van der Waals surface area contributed by atoms with Crippen LogP contribution in [0.25, 0.3) is 0 Å². The van der Waals surface area contributed by atoms with Crippen molar-refractivity contribution >= 4 is 16.5 Å². The van der Waals surface area contributed by atoms with Crippen LogP contribution in [0, 0.1) is 0 Å². The van der Waals surface area contributed by atoms with Gasteiger partial charge >= 0.3 is 52.0 Å². The number of rotatable bonds is 0. The van der Waals surface area contributed by atoms with Crippen molar-refractivity contribution in [2.45, 2.75) is 12.8 Å². The van der Waals surface area contributed by atoms with Crippen molar-refractivity contribution in [2.24, 2.45) is 0 Å². The first-order valence-corrected chi connectivity index (χ1v) is 3.52. The summed E-state index contributed by atoms with van der Waals surface area (Å²) < 4.78 is 1.50. The van der Waals surface area contributed by atoms with Gasteiger partial charge in [0.1, 0.15) is 0 Å². The summed E-state index contributed by atoms with van der Waals surface area (Å²) in [5.41, 5.74) is 0. The Morgan fingerprint density at radius 1 is 1.57 bits per heavy atom. The van der Waals surface area contributed by atoms with Gasteiger partial charge in [-0.15, -0.1) is 0 Å². The summed E-state index contributed by atoms with van der Waals surface area (Å²) in [7, 11) is 0. The van der Waals surface area contributed by atoms with Gasteiger partial charge in [0.05, 0.1) is 0 Å². The molecule has 1 aliphatic carbocycles. The predicted molar refractivity (Wildman–Crippen MR) is 32.2 cm³/mol. The summed E-state index contributed by atoms with van der Waals surface area (Å²) >= 11 is 2.17. The minimum atomic E-state index is 1.24. The first-order valence-electron chi connectivity index (χ1n) is 2.47. The monoisotopic (exact) mass is 153 g/mol. The molecule has 0 saturated heterocycles. The third-order valence-corrected chi connectivity index (χ3v) is 1.89. The normalized spacial score (nSPS) is 19.3. The molecule has 0 amide bonds. The van der Waals surface area contributed by atoms with Crippen molar-refractivity contribution in [1.82, 2.24) is 0 Å². The standard InChI is InChI=1S/C6H7Ge/c7-6-4-2-1-3-5-6/h1-2,4H,3,5H2. The maximum atomic E-state index is 2.20. The fraction of sp³-hybridized carbons (Fsp3) is 0.333. The zero-order valence-corrected chi connectivity index (χ0v) is 6.24. The average Bonchev–Trinajstić information content (AvgIpc) is 1.69. The molecule has 0 nitrogen and oxygen atoms in total. The van der Waals surface area contributed by atoms with Gasteiger partial charge < -0.3 is 0 Å². The van der Waals surface area contributed by atoms with E-state index in [1.165, 1.54) is 17.2 Å². The van der Waals surface area contributed by atoms with Crippen LogP contribution in [0.1, 0.15) is 12.8 Å². The van der Waals surface area contributed by atoms with Gasteiger partial charge in [0.2, 0.25) is 0 Å². The maximum absolute atomic E-state index is 2.20. The van der Waals surface area contributed by atoms with Crippen molar-refractivity contribution < 1.29 is 0 Å². The van der Waals surface area contributed by atoms with Gasteiger partial charge in [-0.3, -0.25) is 0 Å². The first kappa shape index (κ1) is 5.17. The molecule has 0 heterocycles. The van der Waals surface area contributed by atoms with Gasteiger partial charge in [-0.25, -0.2) is 0 Å². The van der Waals surface area contributed by atoms with Crippen molar-refractivity contribution in [3.63, 3.8) is 0 Å². The van der Waals surface area contributed by atoms with E-state index >= 15 is 0 Å². The van der Waals surface area contributed by atoms with Gasteiger partial charge in [0, 0.05) is 0 Å². The van der Waals surface area contributed by atoms with Crippen LogP contribution in [0.3, 0.4) is 0 Å². The van der Waals surface area contributed by atoms with Crippen LogP contribution in [0.5, 0.6) is 0 Å². The summed E-state index contributed by atoms with van der Waals surface area (Å²) in [6.45, 7) is 0. The molecule has 3 radical (unpaired) electrons. The minimum absolute atomic E-state index is 1.24. The molecule has 0 bridgehead atoms. The van der Waals surface area contributed by atoms with Crippen LogP contribution in [0.15, 0.2) is 22.6 Å². The number of hydrogen-bond donors (Lipinski definition) is 0. The molecule has 1 rings (SSSR count).